The Hall–Kier alpha value is 0.152. The Bertz CT molecular complexity index is 107. The molecule has 0 aliphatic carbocycles. The number of rotatable bonds is 3. The second kappa shape index (κ2) is 67.3. The van der Waals surface area contributed by atoms with Gasteiger partial charge in [0.15, 0.2) is 0 Å². The predicted octanol–water partition coefficient (Wildman–Crippen LogP) is -8.49. The lowest BCUT2D eigenvalue weighted by Gasteiger charge is -1.85. The molecule has 0 saturated heterocycles. The van der Waals surface area contributed by atoms with Gasteiger partial charge < -0.3 is 54.0 Å². The predicted molar refractivity (Wildman–Crippen MR) is 70.5 cm³/mol. The van der Waals surface area contributed by atoms with Crippen molar-refractivity contribution in [2.75, 3.05) is 0 Å². The van der Waals surface area contributed by atoms with E-state index in [0.717, 1.165) is 0 Å². The van der Waals surface area contributed by atoms with Gasteiger partial charge in [-0.3, -0.25) is 9.59 Å². The maximum absolute atomic E-state index is 9.64. The van der Waals surface area contributed by atoms with E-state index in [9.17, 15) is 9.59 Å². The Kier molecular flexibility index (Phi) is 391. The third kappa shape index (κ3) is 140. The lowest BCUT2D eigenvalue weighted by molar-refractivity contribution is -0.143. The van der Waals surface area contributed by atoms with E-state index in [2.05, 4.69) is 0 Å². The van der Waals surface area contributed by atoms with Crippen molar-refractivity contribution in [3.05, 3.63) is 0 Å². The van der Waals surface area contributed by atoms with E-state index in [1.54, 1.807) is 0 Å². The number of carboxylic acid groups (broad SMARTS) is 2. The van der Waals surface area contributed by atoms with Crippen LogP contribution in [0.2, 0.25) is 0 Å². The van der Waals surface area contributed by atoms with Crippen molar-refractivity contribution in [2.45, 2.75) is 12.8 Å². The number of carbonyl (C=O) groups is 2. The molecule has 0 aromatic heterocycles. The molecule has 0 aromatic carbocycles. The first-order chi connectivity index (χ1) is 3.63. The zero-order valence-corrected chi connectivity index (χ0v) is 8.13. The van der Waals surface area contributed by atoms with Gasteiger partial charge in [-0.1, -0.05) is 0 Å². The molecular formula is C4H26Mg2O12. The van der Waals surface area contributed by atoms with E-state index in [4.69, 9.17) is 10.2 Å². The maximum atomic E-state index is 9.64. The fourth-order valence-electron chi connectivity index (χ4n) is 0.214. The molecule has 0 spiro atoms. The molecule has 12 nitrogen and oxygen atoms in total. The third-order valence-corrected chi connectivity index (χ3v) is 0.553. The van der Waals surface area contributed by atoms with Gasteiger partial charge >= 0.3 is 58.0 Å². The van der Waals surface area contributed by atoms with Crippen LogP contribution < -0.4 is 0 Å². The average Bonchev–Trinajstić information content (AvgIpc) is 1.61. The number of aliphatic carboxylic acids is 2. The van der Waals surface area contributed by atoms with Gasteiger partial charge in [0.2, 0.25) is 0 Å². The molecule has 0 bridgehead atoms. The highest BCUT2D eigenvalue weighted by atomic mass is 24.3. The van der Waals surface area contributed by atoms with E-state index >= 15 is 0 Å². The van der Waals surface area contributed by atoms with Crippen LogP contribution in [0.1, 0.15) is 12.8 Å². The summed E-state index contributed by atoms with van der Waals surface area (Å²) in [7, 11) is 0. The largest absolute Gasteiger partial charge is 0.481 e. The zero-order valence-electron chi connectivity index (χ0n) is 8.13. The van der Waals surface area contributed by atoms with Gasteiger partial charge in [-0.15, -0.1) is 0 Å². The standard InChI is InChI=1S/C4H6O4.2Mg.8H2O.4H/c5-3(6)1-2-4(7)8;;;;;;;;;;;;;;/h1-2H2,(H,5,6)(H,7,8);;;8*1H2;;;;. The van der Waals surface area contributed by atoms with Crippen LogP contribution in [0.25, 0.3) is 0 Å². The minimum absolute atomic E-state index is 0. The smallest absolute Gasteiger partial charge is 0.316 e. The quantitative estimate of drug-likeness (QED) is 0.478. The summed E-state index contributed by atoms with van der Waals surface area (Å²) in [6, 6.07) is 0. The van der Waals surface area contributed by atoms with Crippen LogP contribution in [0.15, 0.2) is 0 Å². The molecule has 0 aliphatic heterocycles. The van der Waals surface area contributed by atoms with Gasteiger partial charge in [0, 0.05) is 0 Å². The van der Waals surface area contributed by atoms with Crippen molar-refractivity contribution in [1.82, 2.24) is 0 Å². The molecule has 0 saturated carbocycles. The van der Waals surface area contributed by atoms with Gasteiger partial charge in [-0.2, -0.15) is 0 Å². The minimum atomic E-state index is -1.08. The van der Waals surface area contributed by atoms with Crippen molar-refractivity contribution >= 4 is 58.0 Å². The summed E-state index contributed by atoms with van der Waals surface area (Å²) >= 11 is 0. The second-order valence-electron chi connectivity index (χ2n) is 1.29. The molecule has 18 N–H and O–H groups in total. The summed E-state index contributed by atoms with van der Waals surface area (Å²) in [4.78, 5) is 19.3. The summed E-state index contributed by atoms with van der Waals surface area (Å²) in [6.07, 6.45) is -0.593. The molecule has 0 aromatic rings. The Morgan fingerprint density at radius 1 is 0.556 bits per heavy atom. The maximum Gasteiger partial charge on any atom is 0.316 e. The van der Waals surface area contributed by atoms with Crippen LogP contribution in [0.3, 0.4) is 0 Å². The molecule has 0 unspecified atom stereocenters. The number of hydrogen-bond acceptors (Lipinski definition) is 2. The second-order valence-corrected chi connectivity index (χ2v) is 1.29. The third-order valence-electron chi connectivity index (χ3n) is 0.553. The first kappa shape index (κ1) is 104. The summed E-state index contributed by atoms with van der Waals surface area (Å²) in [6.45, 7) is 0. The van der Waals surface area contributed by atoms with Crippen molar-refractivity contribution < 1.29 is 63.6 Å². The average molecular weight is 315 g/mol. The van der Waals surface area contributed by atoms with Crippen molar-refractivity contribution in [2.24, 2.45) is 0 Å². The van der Waals surface area contributed by atoms with Gasteiger partial charge in [-0.05, 0) is 0 Å². The molecule has 0 atom stereocenters. The van der Waals surface area contributed by atoms with E-state index in [0.29, 0.717) is 0 Å². The Morgan fingerprint density at radius 3 is 0.722 bits per heavy atom. The summed E-state index contributed by atoms with van der Waals surface area (Å²) in [5, 5.41) is 15.8. The SMILES string of the molecule is O.O.O.O.O.O.O.O.O=C(O)CCC(=O)O.[MgH2].[MgH2]. The zero-order chi connectivity index (χ0) is 6.57. The van der Waals surface area contributed by atoms with Crippen LogP contribution in [0, 0.1) is 0 Å². The number of carboxylic acids is 2. The van der Waals surface area contributed by atoms with Crippen molar-refractivity contribution in [3.8, 4) is 0 Å². The number of hydrogen-bond donors (Lipinski definition) is 2. The molecule has 0 radical (unpaired) electrons. The lowest BCUT2D eigenvalue weighted by atomic mass is 10.3. The first-order valence-corrected chi connectivity index (χ1v) is 2.06. The molecule has 18 heavy (non-hydrogen) atoms. The molecule has 118 valence electrons. The topological polar surface area (TPSA) is 327 Å². The molecule has 0 rings (SSSR count). The van der Waals surface area contributed by atoms with E-state index < -0.39 is 11.9 Å². The van der Waals surface area contributed by atoms with Crippen LogP contribution >= 0.6 is 0 Å². The highest BCUT2D eigenvalue weighted by Crippen LogP contribution is 1.85. The van der Waals surface area contributed by atoms with Gasteiger partial charge in [-0.25, -0.2) is 0 Å². The molecular weight excluding hydrogens is 289 g/mol. The highest BCUT2D eigenvalue weighted by molar-refractivity contribution is 5.76. The normalized spacial score (nSPS) is 3.78. The fourth-order valence-corrected chi connectivity index (χ4v) is 0.214. The molecule has 0 fully saturated rings. The van der Waals surface area contributed by atoms with E-state index in [1.807, 2.05) is 0 Å². The van der Waals surface area contributed by atoms with Gasteiger partial charge in [0.05, 0.1) is 12.8 Å². The highest BCUT2D eigenvalue weighted by Gasteiger charge is 2.00. The summed E-state index contributed by atoms with van der Waals surface area (Å²) in [5.41, 5.74) is 0. The molecule has 14 heteroatoms. The van der Waals surface area contributed by atoms with Gasteiger partial charge in [0.1, 0.15) is 0 Å². The van der Waals surface area contributed by atoms with Crippen molar-refractivity contribution in [1.29, 1.82) is 0 Å². The van der Waals surface area contributed by atoms with Gasteiger partial charge in [0.25, 0.3) is 0 Å². The van der Waals surface area contributed by atoms with Crippen LogP contribution in [-0.4, -0.2) is 112 Å². The Morgan fingerprint density at radius 2 is 0.667 bits per heavy atom. The van der Waals surface area contributed by atoms with E-state index in [1.165, 1.54) is 0 Å². The Labute approximate surface area is 134 Å². The van der Waals surface area contributed by atoms with E-state index in [-0.39, 0.29) is 103 Å². The summed E-state index contributed by atoms with van der Waals surface area (Å²) in [5.74, 6) is -2.15. The lowest BCUT2D eigenvalue weighted by Crippen LogP contribution is -2.00. The monoisotopic (exact) mass is 314 g/mol. The molecule has 0 heterocycles. The first-order valence-electron chi connectivity index (χ1n) is 2.06. The van der Waals surface area contributed by atoms with Crippen LogP contribution in [-0.2, 0) is 9.59 Å². The summed E-state index contributed by atoms with van der Waals surface area (Å²) < 4.78 is 0. The molecule has 0 aliphatic rings. The van der Waals surface area contributed by atoms with Crippen LogP contribution in [0.5, 0.6) is 0 Å². The van der Waals surface area contributed by atoms with Crippen molar-refractivity contribution in [3.63, 3.8) is 0 Å². The minimum Gasteiger partial charge on any atom is -0.481 e. The molecule has 0 amide bonds. The fraction of sp³-hybridized carbons (Fsp3) is 0.500. The van der Waals surface area contributed by atoms with Crippen LogP contribution in [0.4, 0.5) is 0 Å². The Balaban J connectivity index is -0.00000000544.